The predicted molar refractivity (Wildman–Crippen MR) is 168 cm³/mol. The number of carboxylic acid groups (broad SMARTS) is 2. The number of ether oxygens (including phenoxy) is 4. The molecule has 0 radical (unpaired) electrons. The summed E-state index contributed by atoms with van der Waals surface area (Å²) in [6.45, 7) is 3.46. The number of fused-ring (bicyclic) bond motifs is 1. The van der Waals surface area contributed by atoms with Crippen molar-refractivity contribution in [1.29, 1.82) is 0 Å². The van der Waals surface area contributed by atoms with E-state index in [2.05, 4.69) is 4.99 Å². The van der Waals surface area contributed by atoms with Gasteiger partial charge >= 0.3 is 17.9 Å². The standard InChI is InChI=1S/C32H37N3O12/c1-18(7-5-8-21-13-20(36)14-27(45-21)30(38)39)43-16-22(46-32(42)23(34)9-3-4-12-35-19(2)33)17-44-25-10-6-11-26-29(25)24(37)15-28(47-26)31(40)41/h5-8,10-11,14-15,18,22-23H,3-4,9,12-13,16-17,34H2,1-2H3,(H2,33,35)(H,38,39)(H,40,41)/b7-5-,21-8+/t18?,22?,23-/m0/s1. The summed E-state index contributed by atoms with van der Waals surface area (Å²) >= 11 is 0. The second-order valence-corrected chi connectivity index (χ2v) is 10.5. The molecule has 2 aromatic rings. The number of unbranched alkanes of at least 4 members (excludes halogenated alkanes) is 1. The van der Waals surface area contributed by atoms with Crippen LogP contribution in [0.1, 0.15) is 50.1 Å². The molecular formula is C32H37N3O12. The molecule has 0 amide bonds. The van der Waals surface area contributed by atoms with E-state index in [1.54, 1.807) is 19.9 Å². The maximum atomic E-state index is 12.9. The van der Waals surface area contributed by atoms with Gasteiger partial charge in [0.25, 0.3) is 0 Å². The van der Waals surface area contributed by atoms with E-state index in [1.807, 2.05) is 0 Å². The maximum absolute atomic E-state index is 12.9. The molecule has 252 valence electrons. The van der Waals surface area contributed by atoms with Crippen molar-refractivity contribution in [1.82, 2.24) is 0 Å². The number of carboxylic acids is 2. The van der Waals surface area contributed by atoms with Gasteiger partial charge in [-0.3, -0.25) is 19.4 Å². The second kappa shape index (κ2) is 17.4. The van der Waals surface area contributed by atoms with E-state index < -0.39 is 58.9 Å². The summed E-state index contributed by atoms with van der Waals surface area (Å²) < 4.78 is 27.8. The molecule has 3 rings (SSSR count). The Bertz CT molecular complexity index is 1650. The molecule has 1 aliphatic heterocycles. The van der Waals surface area contributed by atoms with Crippen molar-refractivity contribution in [2.45, 2.75) is 57.8 Å². The van der Waals surface area contributed by atoms with Gasteiger partial charge in [-0.15, -0.1) is 0 Å². The van der Waals surface area contributed by atoms with Crippen molar-refractivity contribution >= 4 is 40.5 Å². The molecule has 1 aromatic heterocycles. The van der Waals surface area contributed by atoms with Crippen molar-refractivity contribution in [3.8, 4) is 5.75 Å². The van der Waals surface area contributed by atoms with Crippen LogP contribution >= 0.6 is 0 Å². The molecule has 0 saturated carbocycles. The van der Waals surface area contributed by atoms with Crippen molar-refractivity contribution in [3.05, 3.63) is 76.1 Å². The largest absolute Gasteiger partial charge is 0.489 e. The normalized spacial score (nSPS) is 16.4. The van der Waals surface area contributed by atoms with E-state index in [4.69, 9.17) is 39.9 Å². The summed E-state index contributed by atoms with van der Waals surface area (Å²) in [5.41, 5.74) is 11.0. The maximum Gasteiger partial charge on any atom is 0.371 e. The first-order chi connectivity index (χ1) is 22.3. The molecule has 2 unspecified atom stereocenters. The molecule has 0 bridgehead atoms. The average molecular weight is 656 g/mol. The van der Waals surface area contributed by atoms with Crippen molar-refractivity contribution in [2.24, 2.45) is 16.5 Å². The third kappa shape index (κ3) is 11.5. The number of aliphatic imine (C=N–C) groups is 1. The Labute approximate surface area is 269 Å². The van der Waals surface area contributed by atoms with E-state index in [0.29, 0.717) is 31.6 Å². The summed E-state index contributed by atoms with van der Waals surface area (Å²) in [6, 6.07) is 4.32. The topological polar surface area (TPSA) is 240 Å². The van der Waals surface area contributed by atoms with Crippen LogP contribution in [0.2, 0.25) is 0 Å². The van der Waals surface area contributed by atoms with Gasteiger partial charge in [0.1, 0.15) is 35.1 Å². The van der Waals surface area contributed by atoms with E-state index in [-0.39, 0.29) is 42.1 Å². The lowest BCUT2D eigenvalue weighted by atomic mass is 10.1. The number of carbonyl (C=O) groups is 4. The zero-order valence-corrected chi connectivity index (χ0v) is 25.9. The summed E-state index contributed by atoms with van der Waals surface area (Å²) in [7, 11) is 0. The molecule has 1 aliphatic rings. The van der Waals surface area contributed by atoms with Crippen LogP contribution in [0.15, 0.2) is 74.3 Å². The fourth-order valence-electron chi connectivity index (χ4n) is 4.21. The molecule has 0 saturated heterocycles. The number of allylic oxidation sites excluding steroid dienone is 4. The molecule has 0 aliphatic carbocycles. The minimum Gasteiger partial charge on any atom is -0.489 e. The van der Waals surface area contributed by atoms with Crippen LogP contribution in [-0.2, 0) is 28.6 Å². The molecule has 47 heavy (non-hydrogen) atoms. The number of rotatable bonds is 17. The molecule has 1 aromatic carbocycles. The van der Waals surface area contributed by atoms with Gasteiger partial charge in [0, 0.05) is 18.7 Å². The highest BCUT2D eigenvalue weighted by Crippen LogP contribution is 2.24. The van der Waals surface area contributed by atoms with Gasteiger partial charge in [0.2, 0.25) is 11.5 Å². The van der Waals surface area contributed by atoms with Gasteiger partial charge < -0.3 is 45.0 Å². The van der Waals surface area contributed by atoms with Crippen molar-refractivity contribution in [2.75, 3.05) is 19.8 Å². The smallest absolute Gasteiger partial charge is 0.371 e. The number of nitrogens with two attached hydrogens (primary N) is 2. The Hall–Kier alpha value is -5.28. The van der Waals surface area contributed by atoms with Crippen LogP contribution in [0.3, 0.4) is 0 Å². The zero-order chi connectivity index (χ0) is 34.5. The van der Waals surface area contributed by atoms with Gasteiger partial charge in [-0.2, -0.15) is 0 Å². The summed E-state index contributed by atoms with van der Waals surface area (Å²) in [5.74, 6) is -4.19. The number of ketones is 1. The molecule has 0 fully saturated rings. The molecule has 15 heteroatoms. The number of hydrogen-bond donors (Lipinski definition) is 4. The Balaban J connectivity index is 1.69. The molecule has 6 N–H and O–H groups in total. The van der Waals surface area contributed by atoms with Gasteiger partial charge in [0.15, 0.2) is 17.3 Å². The number of hydrogen-bond acceptors (Lipinski definition) is 12. The fraction of sp³-hybridized carbons (Fsp3) is 0.375. The van der Waals surface area contributed by atoms with Gasteiger partial charge in [-0.1, -0.05) is 18.2 Å². The molecule has 0 spiro atoms. The number of carbonyl (C=O) groups excluding carboxylic acids is 2. The first-order valence-electron chi connectivity index (χ1n) is 14.6. The summed E-state index contributed by atoms with van der Waals surface area (Å²) in [4.78, 5) is 63.9. The number of benzene rings is 1. The number of aromatic carboxylic acids is 1. The first kappa shape index (κ1) is 36.2. The SMILES string of the molecule is CC(N)=NCCCC[C@H](N)C(=O)OC(COc1cccc2oc(C(=O)O)cc(=O)c12)COC(C)/C=C\C=C1/CC(=O)C=C(C(=O)O)O1. The number of amidine groups is 1. The summed E-state index contributed by atoms with van der Waals surface area (Å²) in [5, 5.41) is 18.3. The first-order valence-corrected chi connectivity index (χ1v) is 14.6. The molecule has 2 heterocycles. The highest BCUT2D eigenvalue weighted by Gasteiger charge is 2.23. The van der Waals surface area contributed by atoms with Gasteiger partial charge in [0.05, 0.1) is 25.0 Å². The van der Waals surface area contributed by atoms with Crippen LogP contribution in [0.4, 0.5) is 0 Å². The lowest BCUT2D eigenvalue weighted by molar-refractivity contribution is -0.156. The van der Waals surface area contributed by atoms with Crippen LogP contribution in [0, 0.1) is 0 Å². The van der Waals surface area contributed by atoms with E-state index in [1.165, 1.54) is 30.4 Å². The van der Waals surface area contributed by atoms with Gasteiger partial charge in [-0.05, 0) is 51.3 Å². The zero-order valence-electron chi connectivity index (χ0n) is 25.9. The third-order valence-corrected chi connectivity index (χ3v) is 6.52. The monoisotopic (exact) mass is 655 g/mol. The minimum absolute atomic E-state index is 0.00382. The Morgan fingerprint density at radius 1 is 1.13 bits per heavy atom. The lowest BCUT2D eigenvalue weighted by Gasteiger charge is -2.22. The number of esters is 1. The molecule has 3 atom stereocenters. The van der Waals surface area contributed by atoms with Gasteiger partial charge in [-0.25, -0.2) is 9.59 Å². The van der Waals surface area contributed by atoms with E-state index in [9.17, 15) is 29.1 Å². The second-order valence-electron chi connectivity index (χ2n) is 10.5. The van der Waals surface area contributed by atoms with Crippen LogP contribution in [0.25, 0.3) is 11.0 Å². The minimum atomic E-state index is -1.40. The predicted octanol–water partition coefficient (Wildman–Crippen LogP) is 2.46. The Morgan fingerprint density at radius 2 is 1.89 bits per heavy atom. The van der Waals surface area contributed by atoms with Crippen molar-refractivity contribution in [3.63, 3.8) is 0 Å². The molecular weight excluding hydrogens is 618 g/mol. The quantitative estimate of drug-likeness (QED) is 0.0828. The van der Waals surface area contributed by atoms with Crippen molar-refractivity contribution < 1.29 is 52.8 Å². The third-order valence-electron chi connectivity index (χ3n) is 6.52. The Kier molecular flexibility index (Phi) is 13.4. The van der Waals surface area contributed by atoms with Crippen LogP contribution in [0.5, 0.6) is 5.75 Å². The highest BCUT2D eigenvalue weighted by molar-refractivity contribution is 5.99. The molecule has 15 nitrogen and oxygen atoms in total. The van der Waals surface area contributed by atoms with Crippen LogP contribution in [-0.4, -0.2) is 77.7 Å². The number of nitrogens with zero attached hydrogens (tertiary/aromatic N) is 1. The van der Waals surface area contributed by atoms with E-state index in [0.717, 1.165) is 12.1 Å². The fourth-order valence-corrected chi connectivity index (χ4v) is 4.21. The lowest BCUT2D eigenvalue weighted by Crippen LogP contribution is -2.39. The highest BCUT2D eigenvalue weighted by atomic mass is 16.6. The van der Waals surface area contributed by atoms with E-state index >= 15 is 0 Å². The summed E-state index contributed by atoms with van der Waals surface area (Å²) in [6.07, 6.45) is 5.45. The average Bonchev–Trinajstić information content (AvgIpc) is 3.01. The Morgan fingerprint density at radius 3 is 2.60 bits per heavy atom. The van der Waals surface area contributed by atoms with Crippen LogP contribution < -0.4 is 21.6 Å². The number of aliphatic carboxylic acids is 1.